The Morgan fingerprint density at radius 2 is 1.92 bits per heavy atom. The number of halogens is 1. The number of carbonyl (C=O) groups excluding carboxylic acids is 2. The minimum atomic E-state index is -0.479. The van der Waals surface area contributed by atoms with E-state index in [2.05, 4.69) is 15.9 Å². The molecule has 2 aromatic rings. The van der Waals surface area contributed by atoms with Gasteiger partial charge in [-0.25, -0.2) is 0 Å². The lowest BCUT2D eigenvalue weighted by Crippen LogP contribution is -2.27. The molecule has 0 N–H and O–H groups in total. The molecule has 0 aliphatic carbocycles. The lowest BCUT2D eigenvalue weighted by Gasteiger charge is -2.17. The van der Waals surface area contributed by atoms with Crippen LogP contribution in [0.2, 0.25) is 0 Å². The van der Waals surface area contributed by atoms with Crippen molar-refractivity contribution in [2.24, 2.45) is 5.92 Å². The standard InChI is InChI=1S/C18H16BrNO4/c1-23-16-4-2-3-14(10-16)20-11-12(9-17(20)21)18(22)24-15-7-5-13(19)6-8-15/h2-8,10,12H,9,11H2,1H3/t12-/m0/s1. The molecule has 0 spiro atoms. The molecule has 1 heterocycles. The highest BCUT2D eigenvalue weighted by atomic mass is 79.9. The summed E-state index contributed by atoms with van der Waals surface area (Å²) in [4.78, 5) is 26.2. The van der Waals surface area contributed by atoms with E-state index in [0.29, 0.717) is 18.0 Å². The van der Waals surface area contributed by atoms with Crippen LogP contribution in [0.4, 0.5) is 5.69 Å². The first-order valence-corrected chi connectivity index (χ1v) is 8.28. The maximum absolute atomic E-state index is 12.3. The largest absolute Gasteiger partial charge is 0.497 e. The van der Waals surface area contributed by atoms with Gasteiger partial charge in [0.1, 0.15) is 11.5 Å². The summed E-state index contributed by atoms with van der Waals surface area (Å²) in [5, 5.41) is 0. The number of methoxy groups -OCH3 is 1. The quantitative estimate of drug-likeness (QED) is 0.593. The van der Waals surface area contributed by atoms with Crippen LogP contribution in [0.1, 0.15) is 6.42 Å². The van der Waals surface area contributed by atoms with Gasteiger partial charge in [0.2, 0.25) is 5.91 Å². The van der Waals surface area contributed by atoms with Gasteiger partial charge < -0.3 is 14.4 Å². The fraction of sp³-hybridized carbons (Fsp3) is 0.222. The van der Waals surface area contributed by atoms with E-state index in [1.165, 1.54) is 0 Å². The minimum Gasteiger partial charge on any atom is -0.497 e. The number of benzene rings is 2. The number of ether oxygens (including phenoxy) is 2. The van der Waals surface area contributed by atoms with Crippen LogP contribution >= 0.6 is 15.9 Å². The summed E-state index contributed by atoms with van der Waals surface area (Å²) >= 11 is 3.33. The van der Waals surface area contributed by atoms with E-state index in [1.807, 2.05) is 18.2 Å². The van der Waals surface area contributed by atoms with Crippen molar-refractivity contribution in [1.29, 1.82) is 0 Å². The van der Waals surface area contributed by atoms with E-state index in [4.69, 9.17) is 9.47 Å². The Bertz CT molecular complexity index is 760. The average Bonchev–Trinajstić information content (AvgIpc) is 2.99. The molecular formula is C18H16BrNO4. The number of nitrogens with zero attached hydrogens (tertiary/aromatic N) is 1. The van der Waals surface area contributed by atoms with Gasteiger partial charge in [-0.2, -0.15) is 0 Å². The third-order valence-electron chi connectivity index (χ3n) is 3.86. The van der Waals surface area contributed by atoms with E-state index >= 15 is 0 Å². The molecule has 1 amide bonds. The maximum atomic E-state index is 12.3. The number of esters is 1. The molecule has 0 bridgehead atoms. The first-order chi connectivity index (χ1) is 11.6. The van der Waals surface area contributed by atoms with Crippen molar-refractivity contribution in [2.75, 3.05) is 18.6 Å². The zero-order valence-corrected chi connectivity index (χ0v) is 14.7. The molecule has 1 aliphatic rings. The summed E-state index contributed by atoms with van der Waals surface area (Å²) in [6.45, 7) is 0.307. The molecular weight excluding hydrogens is 374 g/mol. The van der Waals surface area contributed by atoms with E-state index in [9.17, 15) is 9.59 Å². The molecule has 6 heteroatoms. The second-order valence-corrected chi connectivity index (χ2v) is 6.40. The van der Waals surface area contributed by atoms with Gasteiger partial charge in [-0.15, -0.1) is 0 Å². The number of amides is 1. The van der Waals surface area contributed by atoms with Crippen LogP contribution in [0.5, 0.6) is 11.5 Å². The Labute approximate surface area is 148 Å². The van der Waals surface area contributed by atoms with E-state index < -0.39 is 11.9 Å². The number of carbonyl (C=O) groups is 2. The number of hydrogen-bond acceptors (Lipinski definition) is 4. The fourth-order valence-electron chi connectivity index (χ4n) is 2.60. The van der Waals surface area contributed by atoms with Crippen LogP contribution < -0.4 is 14.4 Å². The predicted octanol–water partition coefficient (Wildman–Crippen LogP) is 3.42. The molecule has 1 aliphatic heterocycles. The van der Waals surface area contributed by atoms with Gasteiger partial charge >= 0.3 is 5.97 Å². The van der Waals surface area contributed by atoms with Crippen LogP contribution in [-0.4, -0.2) is 25.5 Å². The van der Waals surface area contributed by atoms with Crippen LogP contribution in [0, 0.1) is 5.92 Å². The Balaban J connectivity index is 1.69. The normalized spacial score (nSPS) is 17.0. The lowest BCUT2D eigenvalue weighted by molar-refractivity contribution is -0.139. The molecule has 1 saturated heterocycles. The Morgan fingerprint density at radius 1 is 1.17 bits per heavy atom. The monoisotopic (exact) mass is 389 g/mol. The smallest absolute Gasteiger partial charge is 0.316 e. The van der Waals surface area contributed by atoms with Crippen LogP contribution in [0.3, 0.4) is 0 Å². The molecule has 0 radical (unpaired) electrons. The van der Waals surface area contributed by atoms with Gasteiger partial charge in [-0.05, 0) is 36.4 Å². The second-order valence-electron chi connectivity index (χ2n) is 5.48. The molecule has 2 aromatic carbocycles. The highest BCUT2D eigenvalue weighted by Gasteiger charge is 2.36. The Hall–Kier alpha value is -2.34. The minimum absolute atomic E-state index is 0.0963. The second kappa shape index (κ2) is 7.05. The summed E-state index contributed by atoms with van der Waals surface area (Å²) in [6, 6.07) is 14.2. The van der Waals surface area contributed by atoms with Gasteiger partial charge in [-0.1, -0.05) is 22.0 Å². The third-order valence-corrected chi connectivity index (χ3v) is 4.38. The molecule has 24 heavy (non-hydrogen) atoms. The summed E-state index contributed by atoms with van der Waals surface area (Å²) in [5.41, 5.74) is 0.721. The van der Waals surface area contributed by atoms with Crippen molar-refractivity contribution in [3.05, 3.63) is 53.0 Å². The molecule has 1 atom stereocenters. The number of hydrogen-bond donors (Lipinski definition) is 0. The van der Waals surface area contributed by atoms with Crippen molar-refractivity contribution in [1.82, 2.24) is 0 Å². The molecule has 1 fully saturated rings. The van der Waals surface area contributed by atoms with Crippen LogP contribution in [0.25, 0.3) is 0 Å². The van der Waals surface area contributed by atoms with Gasteiger partial charge in [0.05, 0.1) is 13.0 Å². The van der Waals surface area contributed by atoms with E-state index in [0.717, 1.165) is 10.2 Å². The van der Waals surface area contributed by atoms with Gasteiger partial charge in [0.25, 0.3) is 0 Å². The van der Waals surface area contributed by atoms with Crippen molar-refractivity contribution in [2.45, 2.75) is 6.42 Å². The average molecular weight is 390 g/mol. The molecule has 124 valence electrons. The van der Waals surface area contributed by atoms with Gasteiger partial charge in [-0.3, -0.25) is 9.59 Å². The SMILES string of the molecule is COc1cccc(N2C[C@@H](C(=O)Oc3ccc(Br)cc3)CC2=O)c1. The van der Waals surface area contributed by atoms with Gasteiger partial charge in [0, 0.05) is 29.2 Å². The molecule has 3 rings (SSSR count). The summed E-state index contributed by atoms with van der Waals surface area (Å²) in [6.07, 6.45) is 0.145. The summed E-state index contributed by atoms with van der Waals surface area (Å²) in [5.74, 6) is 0.168. The fourth-order valence-corrected chi connectivity index (χ4v) is 2.86. The molecule has 5 nitrogen and oxygen atoms in total. The zero-order valence-electron chi connectivity index (χ0n) is 13.1. The topological polar surface area (TPSA) is 55.8 Å². The first-order valence-electron chi connectivity index (χ1n) is 7.48. The predicted molar refractivity (Wildman–Crippen MR) is 93.2 cm³/mol. The van der Waals surface area contributed by atoms with Crippen molar-refractivity contribution in [3.8, 4) is 11.5 Å². The summed E-state index contributed by atoms with van der Waals surface area (Å²) in [7, 11) is 1.57. The summed E-state index contributed by atoms with van der Waals surface area (Å²) < 4.78 is 11.5. The zero-order chi connectivity index (χ0) is 17.1. The van der Waals surface area contributed by atoms with Crippen molar-refractivity contribution < 1.29 is 19.1 Å². The lowest BCUT2D eigenvalue weighted by atomic mass is 10.1. The highest BCUT2D eigenvalue weighted by molar-refractivity contribution is 9.10. The van der Waals surface area contributed by atoms with Crippen molar-refractivity contribution >= 4 is 33.5 Å². The maximum Gasteiger partial charge on any atom is 0.316 e. The van der Waals surface area contributed by atoms with Gasteiger partial charge in [0.15, 0.2) is 0 Å². The number of anilines is 1. The Morgan fingerprint density at radius 3 is 2.62 bits per heavy atom. The van der Waals surface area contributed by atoms with Crippen LogP contribution in [-0.2, 0) is 9.59 Å². The third kappa shape index (κ3) is 3.59. The Kier molecular flexibility index (Phi) is 4.85. The van der Waals surface area contributed by atoms with E-state index in [1.54, 1.807) is 42.3 Å². The number of rotatable bonds is 4. The first kappa shape index (κ1) is 16.5. The molecule has 0 aromatic heterocycles. The van der Waals surface area contributed by atoms with Crippen molar-refractivity contribution in [3.63, 3.8) is 0 Å². The molecule has 0 saturated carbocycles. The molecule has 0 unspecified atom stereocenters. The van der Waals surface area contributed by atoms with Crippen LogP contribution in [0.15, 0.2) is 53.0 Å². The highest BCUT2D eigenvalue weighted by Crippen LogP contribution is 2.29. The van der Waals surface area contributed by atoms with E-state index in [-0.39, 0.29) is 12.3 Å².